The van der Waals surface area contributed by atoms with Crippen molar-refractivity contribution in [2.75, 3.05) is 19.7 Å². The van der Waals surface area contributed by atoms with E-state index < -0.39 is 6.03 Å². The van der Waals surface area contributed by atoms with E-state index in [1.54, 1.807) is 0 Å². The van der Waals surface area contributed by atoms with Crippen LogP contribution in [0.3, 0.4) is 0 Å². The van der Waals surface area contributed by atoms with Crippen molar-refractivity contribution >= 4 is 17.8 Å². The molecule has 3 aliphatic heterocycles. The lowest BCUT2D eigenvalue weighted by molar-refractivity contribution is -0.138. The van der Waals surface area contributed by atoms with Gasteiger partial charge in [-0.1, -0.05) is 30.3 Å². The molecule has 0 saturated carbocycles. The number of aliphatic hydroxyl groups is 1. The van der Waals surface area contributed by atoms with E-state index in [-0.39, 0.29) is 49.0 Å². The third kappa shape index (κ3) is 2.67. The largest absolute Gasteiger partial charge is 0.396 e. The van der Waals surface area contributed by atoms with E-state index in [9.17, 15) is 19.5 Å². The fraction of sp³-hybridized carbons (Fsp3) is 0.526. The summed E-state index contributed by atoms with van der Waals surface area (Å²) in [6.45, 7) is -0.242. The fourth-order valence-electron chi connectivity index (χ4n) is 4.92. The number of hydrogen-bond donors (Lipinski definition) is 2. The number of aliphatic hydroxyl groups excluding tert-OH is 1. The van der Waals surface area contributed by atoms with Crippen LogP contribution in [-0.2, 0) is 16.0 Å². The van der Waals surface area contributed by atoms with Crippen LogP contribution < -0.4 is 5.32 Å². The summed E-state index contributed by atoms with van der Waals surface area (Å²) < 4.78 is 0. The van der Waals surface area contributed by atoms with Crippen molar-refractivity contribution in [1.82, 2.24) is 15.1 Å². The van der Waals surface area contributed by atoms with E-state index in [4.69, 9.17) is 0 Å². The molecule has 3 fully saturated rings. The zero-order valence-electron chi connectivity index (χ0n) is 14.6. The number of imide groups is 1. The number of urea groups is 1. The Hall–Kier alpha value is -2.41. The predicted octanol–water partition coefficient (Wildman–Crippen LogP) is 0.523. The molecule has 0 unspecified atom stereocenters. The third-order valence-corrected chi connectivity index (χ3v) is 6.08. The molecular formula is C19H23N3O4. The number of benzene rings is 1. The van der Waals surface area contributed by atoms with Gasteiger partial charge in [0.1, 0.15) is 6.54 Å². The molecule has 0 radical (unpaired) electrons. The third-order valence-electron chi connectivity index (χ3n) is 6.08. The minimum Gasteiger partial charge on any atom is -0.396 e. The fourth-order valence-corrected chi connectivity index (χ4v) is 4.92. The van der Waals surface area contributed by atoms with Crippen LogP contribution >= 0.6 is 0 Å². The van der Waals surface area contributed by atoms with Crippen LogP contribution in [0, 0.1) is 5.41 Å². The minimum absolute atomic E-state index is 0.0238. The predicted molar refractivity (Wildman–Crippen MR) is 93.0 cm³/mol. The molecule has 3 aliphatic rings. The highest BCUT2D eigenvalue weighted by atomic mass is 16.3. The van der Waals surface area contributed by atoms with E-state index in [1.165, 1.54) is 0 Å². The second kappa shape index (κ2) is 6.39. The zero-order valence-corrected chi connectivity index (χ0v) is 14.6. The van der Waals surface area contributed by atoms with Crippen LogP contribution in [0.15, 0.2) is 30.3 Å². The summed E-state index contributed by atoms with van der Waals surface area (Å²) in [4.78, 5) is 39.2. The van der Waals surface area contributed by atoms with Crippen LogP contribution in [0.2, 0.25) is 0 Å². The summed E-state index contributed by atoms with van der Waals surface area (Å²) in [6, 6.07) is 9.53. The number of amides is 4. The molecule has 0 aliphatic carbocycles. The normalized spacial score (nSPS) is 30.2. The number of carbonyl (C=O) groups is 3. The van der Waals surface area contributed by atoms with E-state index in [0.717, 1.165) is 36.1 Å². The number of carbonyl (C=O) groups excluding carboxylic acids is 3. The second-order valence-corrected chi connectivity index (χ2v) is 7.57. The van der Waals surface area contributed by atoms with E-state index >= 15 is 0 Å². The minimum atomic E-state index is -0.507. The Morgan fingerprint density at radius 2 is 2.00 bits per heavy atom. The summed E-state index contributed by atoms with van der Waals surface area (Å²) in [7, 11) is 0. The molecule has 4 amide bonds. The molecule has 4 rings (SSSR count). The van der Waals surface area contributed by atoms with Crippen molar-refractivity contribution in [2.45, 2.75) is 37.8 Å². The van der Waals surface area contributed by atoms with Gasteiger partial charge in [-0.3, -0.25) is 14.5 Å². The average Bonchev–Trinajstić information content (AvgIpc) is 3.30. The van der Waals surface area contributed by atoms with Gasteiger partial charge in [0.2, 0.25) is 5.91 Å². The van der Waals surface area contributed by atoms with Gasteiger partial charge in [-0.05, 0) is 31.2 Å². The van der Waals surface area contributed by atoms with Crippen molar-refractivity contribution in [1.29, 1.82) is 0 Å². The Bertz CT molecular complexity index is 722. The first-order chi connectivity index (χ1) is 12.5. The smallest absolute Gasteiger partial charge is 0.325 e. The first-order valence-corrected chi connectivity index (χ1v) is 9.08. The average molecular weight is 357 g/mol. The Morgan fingerprint density at radius 1 is 1.23 bits per heavy atom. The Balaban J connectivity index is 1.52. The number of nitrogens with zero attached hydrogens (tertiary/aromatic N) is 2. The van der Waals surface area contributed by atoms with Gasteiger partial charge in [0.25, 0.3) is 5.91 Å². The summed E-state index contributed by atoms with van der Waals surface area (Å²) in [5, 5.41) is 12.6. The monoisotopic (exact) mass is 357 g/mol. The Kier molecular flexibility index (Phi) is 4.19. The molecule has 1 aromatic carbocycles. The summed E-state index contributed by atoms with van der Waals surface area (Å²) in [6.07, 6.45) is 3.24. The highest BCUT2D eigenvalue weighted by molar-refractivity contribution is 6.04. The quantitative estimate of drug-likeness (QED) is 0.752. The molecule has 2 bridgehead atoms. The topological polar surface area (TPSA) is 90.0 Å². The molecule has 26 heavy (non-hydrogen) atoms. The van der Waals surface area contributed by atoms with Gasteiger partial charge < -0.3 is 15.3 Å². The van der Waals surface area contributed by atoms with Crippen molar-refractivity contribution in [3.63, 3.8) is 0 Å². The maximum atomic E-state index is 12.9. The molecule has 2 N–H and O–H groups in total. The molecule has 0 spiro atoms. The lowest BCUT2D eigenvalue weighted by atomic mass is 9.70. The van der Waals surface area contributed by atoms with Gasteiger partial charge in [-0.15, -0.1) is 0 Å². The van der Waals surface area contributed by atoms with Crippen LogP contribution in [0.4, 0.5) is 4.79 Å². The Labute approximate surface area is 152 Å². The van der Waals surface area contributed by atoms with Crippen LogP contribution in [0.5, 0.6) is 0 Å². The van der Waals surface area contributed by atoms with Crippen molar-refractivity contribution in [3.05, 3.63) is 35.9 Å². The number of nitrogens with one attached hydrogen (secondary N) is 1. The highest BCUT2D eigenvalue weighted by Gasteiger charge is 2.57. The molecule has 1 aromatic rings. The van der Waals surface area contributed by atoms with E-state index in [0.29, 0.717) is 0 Å². The second-order valence-electron chi connectivity index (χ2n) is 7.57. The van der Waals surface area contributed by atoms with Crippen molar-refractivity contribution in [3.8, 4) is 0 Å². The van der Waals surface area contributed by atoms with Gasteiger partial charge in [-0.2, -0.15) is 0 Å². The van der Waals surface area contributed by atoms with E-state index in [2.05, 4.69) is 5.32 Å². The van der Waals surface area contributed by atoms with Gasteiger partial charge >= 0.3 is 6.03 Å². The van der Waals surface area contributed by atoms with E-state index in [1.807, 2.05) is 35.2 Å². The SMILES string of the molecule is O=C1CNC(=O)N1CC(=O)N1[C@@H]2CC[C@H]1[C@](CO)(Cc1ccccc1)C2. The van der Waals surface area contributed by atoms with Crippen molar-refractivity contribution < 1.29 is 19.5 Å². The molecular weight excluding hydrogens is 334 g/mol. The van der Waals surface area contributed by atoms with Crippen molar-refractivity contribution in [2.24, 2.45) is 5.41 Å². The van der Waals surface area contributed by atoms with Gasteiger partial charge in [0.05, 0.1) is 13.2 Å². The van der Waals surface area contributed by atoms with Crippen LogP contribution in [0.25, 0.3) is 0 Å². The first-order valence-electron chi connectivity index (χ1n) is 9.08. The highest BCUT2D eigenvalue weighted by Crippen LogP contribution is 2.51. The lowest BCUT2D eigenvalue weighted by Gasteiger charge is -2.36. The maximum Gasteiger partial charge on any atom is 0.325 e. The Morgan fingerprint density at radius 3 is 2.65 bits per heavy atom. The molecule has 3 atom stereocenters. The van der Waals surface area contributed by atoms with Gasteiger partial charge in [0.15, 0.2) is 0 Å². The molecule has 0 aromatic heterocycles. The van der Waals surface area contributed by atoms with Crippen LogP contribution in [0.1, 0.15) is 24.8 Å². The van der Waals surface area contributed by atoms with Gasteiger partial charge in [0, 0.05) is 17.5 Å². The summed E-state index contributed by atoms with van der Waals surface area (Å²) >= 11 is 0. The molecule has 7 heteroatoms. The van der Waals surface area contributed by atoms with Crippen LogP contribution in [-0.4, -0.2) is 64.5 Å². The number of fused-ring (bicyclic) bond motifs is 2. The summed E-state index contributed by atoms with van der Waals surface area (Å²) in [5.41, 5.74) is 0.799. The molecule has 3 saturated heterocycles. The standard InChI is InChI=1S/C19H23N3O4/c23-12-19(8-13-4-2-1-3-5-13)9-14-6-7-15(19)22(14)17(25)11-21-16(24)10-20-18(21)26/h1-5,14-15,23H,6-12H2,(H,20,26)/t14-,15+,19-/m1/s1. The zero-order chi connectivity index (χ0) is 18.3. The first kappa shape index (κ1) is 17.0. The number of rotatable bonds is 5. The molecule has 138 valence electrons. The number of hydrogen-bond acceptors (Lipinski definition) is 4. The maximum absolute atomic E-state index is 12.9. The molecule has 3 heterocycles. The lowest BCUT2D eigenvalue weighted by Crippen LogP contribution is -2.48. The molecule has 7 nitrogen and oxygen atoms in total. The summed E-state index contributed by atoms with van der Waals surface area (Å²) in [5.74, 6) is -0.570. The van der Waals surface area contributed by atoms with Gasteiger partial charge in [-0.25, -0.2) is 4.79 Å².